The average Bonchev–Trinajstić information content (AvgIpc) is 2.89. The van der Waals surface area contributed by atoms with Gasteiger partial charge < -0.3 is 11.1 Å². The van der Waals surface area contributed by atoms with E-state index in [4.69, 9.17) is 5.73 Å². The van der Waals surface area contributed by atoms with Crippen LogP contribution in [0.3, 0.4) is 0 Å². The maximum absolute atomic E-state index is 11.9. The summed E-state index contributed by atoms with van der Waals surface area (Å²) in [5.74, 6) is -0.520. The molecule has 0 atom stereocenters. The highest BCUT2D eigenvalue weighted by molar-refractivity contribution is 7.07. The van der Waals surface area contributed by atoms with Crippen molar-refractivity contribution in [3.05, 3.63) is 50.3 Å². The van der Waals surface area contributed by atoms with Gasteiger partial charge in [-0.3, -0.25) is 14.9 Å². The number of hydrogen-bond acceptors (Lipinski definition) is 6. The van der Waals surface area contributed by atoms with E-state index in [1.165, 1.54) is 11.3 Å². The van der Waals surface area contributed by atoms with Crippen molar-refractivity contribution in [2.24, 2.45) is 0 Å². The number of carbonyl (C=O) groups is 1. The number of nitrogens with two attached hydrogens (primary N) is 1. The van der Waals surface area contributed by atoms with E-state index in [1.807, 2.05) is 16.8 Å². The minimum absolute atomic E-state index is 0.00410. The van der Waals surface area contributed by atoms with E-state index in [0.717, 1.165) is 17.8 Å². The average molecular weight is 278 g/mol. The lowest BCUT2D eigenvalue weighted by atomic mass is 10.2. The fraction of sp³-hybridized carbons (Fsp3) is 0.0909. The molecule has 2 heterocycles. The number of nitrogens with zero attached hydrogens (tertiary/aromatic N) is 2. The topological polar surface area (TPSA) is 111 Å². The predicted octanol–water partition coefficient (Wildman–Crippen LogP) is 1.56. The number of hydrogen-bond donors (Lipinski definition) is 2. The molecule has 1 amide bonds. The number of thiophene rings is 1. The highest BCUT2D eigenvalue weighted by Crippen LogP contribution is 2.16. The van der Waals surface area contributed by atoms with Gasteiger partial charge in [0.2, 0.25) is 0 Å². The summed E-state index contributed by atoms with van der Waals surface area (Å²) in [6, 6.07) is 2.99. The van der Waals surface area contributed by atoms with Crippen LogP contribution in [0.5, 0.6) is 0 Å². The smallest absolute Gasteiger partial charge is 0.288 e. The summed E-state index contributed by atoms with van der Waals surface area (Å²) in [5, 5.41) is 17.1. The van der Waals surface area contributed by atoms with Crippen molar-refractivity contribution in [1.82, 2.24) is 10.3 Å². The number of pyridine rings is 1. The molecule has 0 fully saturated rings. The number of nitro groups is 1. The first kappa shape index (κ1) is 13.0. The molecule has 2 aromatic rings. The Morgan fingerprint density at radius 3 is 3.00 bits per heavy atom. The SMILES string of the molecule is Nc1ncc([N+](=O)[O-])cc1C(=O)NCc1ccsc1. The molecule has 8 heteroatoms. The molecule has 0 saturated carbocycles. The Morgan fingerprint density at radius 1 is 1.58 bits per heavy atom. The fourth-order valence-electron chi connectivity index (χ4n) is 1.42. The molecule has 0 aliphatic rings. The third-order valence-corrected chi connectivity index (χ3v) is 3.12. The Balaban J connectivity index is 2.14. The number of amides is 1. The highest BCUT2D eigenvalue weighted by atomic mass is 32.1. The van der Waals surface area contributed by atoms with Gasteiger partial charge in [0.15, 0.2) is 0 Å². The van der Waals surface area contributed by atoms with Crippen molar-refractivity contribution in [1.29, 1.82) is 0 Å². The number of rotatable bonds is 4. The second-order valence-corrected chi connectivity index (χ2v) is 4.48. The number of nitrogen functional groups attached to an aromatic ring is 1. The van der Waals surface area contributed by atoms with Gasteiger partial charge in [0.05, 0.1) is 10.5 Å². The lowest BCUT2D eigenvalue weighted by Crippen LogP contribution is -2.24. The van der Waals surface area contributed by atoms with Crippen LogP contribution in [-0.4, -0.2) is 15.8 Å². The molecule has 0 saturated heterocycles. The van der Waals surface area contributed by atoms with Gasteiger partial charge in [-0.2, -0.15) is 11.3 Å². The van der Waals surface area contributed by atoms with Crippen LogP contribution < -0.4 is 11.1 Å². The van der Waals surface area contributed by atoms with Crippen LogP contribution in [0.4, 0.5) is 11.5 Å². The second-order valence-electron chi connectivity index (χ2n) is 3.70. The normalized spacial score (nSPS) is 10.1. The van der Waals surface area contributed by atoms with Crippen LogP contribution in [0.25, 0.3) is 0 Å². The standard InChI is InChI=1S/C11H10N4O3S/c12-10-9(3-8(5-13-10)15(17)18)11(16)14-4-7-1-2-19-6-7/h1-3,5-6H,4H2,(H2,12,13)(H,14,16). The lowest BCUT2D eigenvalue weighted by molar-refractivity contribution is -0.385. The Morgan fingerprint density at radius 2 is 2.37 bits per heavy atom. The minimum Gasteiger partial charge on any atom is -0.383 e. The molecule has 0 aliphatic heterocycles. The maximum Gasteiger partial charge on any atom is 0.288 e. The molecule has 0 radical (unpaired) electrons. The van der Waals surface area contributed by atoms with Crippen molar-refractivity contribution in [3.63, 3.8) is 0 Å². The van der Waals surface area contributed by atoms with Gasteiger partial charge in [0.25, 0.3) is 11.6 Å². The molecule has 0 aliphatic carbocycles. The van der Waals surface area contributed by atoms with Gasteiger partial charge in [-0.25, -0.2) is 4.98 Å². The molecule has 98 valence electrons. The monoisotopic (exact) mass is 278 g/mol. The first-order chi connectivity index (χ1) is 9.08. The van der Waals surface area contributed by atoms with E-state index < -0.39 is 10.8 Å². The molecular weight excluding hydrogens is 268 g/mol. The summed E-state index contributed by atoms with van der Waals surface area (Å²) in [6.45, 7) is 0.338. The van der Waals surface area contributed by atoms with E-state index in [2.05, 4.69) is 10.3 Å². The minimum atomic E-state index is -0.623. The molecule has 0 aromatic carbocycles. The quantitative estimate of drug-likeness (QED) is 0.651. The van der Waals surface area contributed by atoms with Crippen LogP contribution in [-0.2, 0) is 6.54 Å². The third-order valence-electron chi connectivity index (χ3n) is 2.39. The highest BCUT2D eigenvalue weighted by Gasteiger charge is 2.16. The molecule has 7 nitrogen and oxygen atoms in total. The fourth-order valence-corrected chi connectivity index (χ4v) is 2.09. The van der Waals surface area contributed by atoms with Gasteiger partial charge in [-0.1, -0.05) is 0 Å². The van der Waals surface area contributed by atoms with Gasteiger partial charge in [-0.05, 0) is 22.4 Å². The summed E-state index contributed by atoms with van der Waals surface area (Å²) < 4.78 is 0. The Bertz CT molecular complexity index is 612. The van der Waals surface area contributed by atoms with E-state index in [1.54, 1.807) is 0 Å². The van der Waals surface area contributed by atoms with Crippen molar-refractivity contribution < 1.29 is 9.72 Å². The molecule has 19 heavy (non-hydrogen) atoms. The van der Waals surface area contributed by atoms with Gasteiger partial charge in [0, 0.05) is 12.6 Å². The molecule has 0 bridgehead atoms. The molecule has 2 aromatic heterocycles. The van der Waals surface area contributed by atoms with Crippen molar-refractivity contribution in [2.75, 3.05) is 5.73 Å². The van der Waals surface area contributed by atoms with E-state index in [-0.39, 0.29) is 17.1 Å². The van der Waals surface area contributed by atoms with E-state index in [0.29, 0.717) is 6.54 Å². The van der Waals surface area contributed by atoms with Crippen LogP contribution in [0, 0.1) is 10.1 Å². The van der Waals surface area contributed by atoms with Crippen LogP contribution in [0.15, 0.2) is 29.1 Å². The number of carbonyl (C=O) groups excluding carboxylic acids is 1. The zero-order chi connectivity index (χ0) is 13.8. The largest absolute Gasteiger partial charge is 0.383 e. The first-order valence-corrected chi connectivity index (χ1v) is 6.21. The van der Waals surface area contributed by atoms with Crippen molar-refractivity contribution >= 4 is 28.7 Å². The van der Waals surface area contributed by atoms with Gasteiger partial charge in [0.1, 0.15) is 12.0 Å². The molecular formula is C11H10N4O3S. The number of anilines is 1. The van der Waals surface area contributed by atoms with Crippen LogP contribution >= 0.6 is 11.3 Å². The van der Waals surface area contributed by atoms with E-state index in [9.17, 15) is 14.9 Å². The summed E-state index contributed by atoms with van der Waals surface area (Å²) in [7, 11) is 0. The zero-order valence-electron chi connectivity index (χ0n) is 9.70. The first-order valence-electron chi connectivity index (χ1n) is 5.27. The van der Waals surface area contributed by atoms with Crippen LogP contribution in [0.1, 0.15) is 15.9 Å². The third kappa shape index (κ3) is 3.05. The van der Waals surface area contributed by atoms with E-state index >= 15 is 0 Å². The Hall–Kier alpha value is -2.48. The van der Waals surface area contributed by atoms with Crippen molar-refractivity contribution in [2.45, 2.75) is 6.54 Å². The molecule has 3 N–H and O–H groups in total. The van der Waals surface area contributed by atoms with Gasteiger partial charge in [-0.15, -0.1) is 0 Å². The van der Waals surface area contributed by atoms with Crippen molar-refractivity contribution in [3.8, 4) is 0 Å². The molecule has 2 rings (SSSR count). The second kappa shape index (κ2) is 5.44. The number of nitrogens with one attached hydrogen (secondary N) is 1. The molecule has 0 spiro atoms. The zero-order valence-corrected chi connectivity index (χ0v) is 10.5. The predicted molar refractivity (Wildman–Crippen MR) is 70.8 cm³/mol. The van der Waals surface area contributed by atoms with Gasteiger partial charge >= 0.3 is 0 Å². The Kier molecular flexibility index (Phi) is 3.71. The Labute approximate surface area is 112 Å². The van der Waals surface area contributed by atoms with Crippen LogP contribution in [0.2, 0.25) is 0 Å². The summed E-state index contributed by atoms with van der Waals surface area (Å²) in [5.41, 5.74) is 6.24. The summed E-state index contributed by atoms with van der Waals surface area (Å²) in [4.78, 5) is 25.5. The lowest BCUT2D eigenvalue weighted by Gasteiger charge is -2.05. The molecule has 0 unspecified atom stereocenters. The maximum atomic E-state index is 11.9. The summed E-state index contributed by atoms with van der Waals surface area (Å²) in [6.07, 6.45) is 1.02. The summed E-state index contributed by atoms with van der Waals surface area (Å²) >= 11 is 1.52. The number of aromatic nitrogens is 1.